The molecular weight excluding hydrogens is 222 g/mol. The number of hydrogen-bond donors (Lipinski definition) is 1. The van der Waals surface area contributed by atoms with Crippen molar-refractivity contribution in [2.45, 2.75) is 39.2 Å². The van der Waals surface area contributed by atoms with Crippen molar-refractivity contribution in [3.8, 4) is 11.4 Å². The van der Waals surface area contributed by atoms with Gasteiger partial charge in [-0.05, 0) is 30.7 Å². The number of hydrogen-bond acceptors (Lipinski definition) is 2. The molecule has 18 heavy (non-hydrogen) atoms. The number of anilines is 1. The maximum atomic E-state index is 5.70. The Morgan fingerprint density at radius 1 is 1.11 bits per heavy atom. The van der Waals surface area contributed by atoms with Crippen LogP contribution in [0.25, 0.3) is 11.4 Å². The van der Waals surface area contributed by atoms with Gasteiger partial charge in [-0.25, -0.2) is 4.98 Å². The normalized spacial score (nSPS) is 10.7. The average molecular weight is 243 g/mol. The smallest absolute Gasteiger partial charge is 0.139 e. The lowest BCUT2D eigenvalue weighted by Crippen LogP contribution is -1.99. The molecule has 0 spiro atoms. The van der Waals surface area contributed by atoms with E-state index in [9.17, 15) is 0 Å². The summed E-state index contributed by atoms with van der Waals surface area (Å²) in [4.78, 5) is 4.44. The van der Waals surface area contributed by atoms with Crippen LogP contribution in [0.4, 0.5) is 5.69 Å². The minimum Gasteiger partial charge on any atom is -0.399 e. The predicted octanol–water partition coefficient (Wildman–Crippen LogP) is 3.71. The van der Waals surface area contributed by atoms with E-state index in [4.69, 9.17) is 5.73 Å². The molecule has 1 aromatic heterocycles. The van der Waals surface area contributed by atoms with Gasteiger partial charge in [-0.2, -0.15) is 0 Å². The van der Waals surface area contributed by atoms with Crippen molar-refractivity contribution >= 4 is 5.69 Å². The minimum absolute atomic E-state index is 0.791. The van der Waals surface area contributed by atoms with Crippen LogP contribution in [0.3, 0.4) is 0 Å². The van der Waals surface area contributed by atoms with Crippen molar-refractivity contribution in [2.24, 2.45) is 0 Å². The van der Waals surface area contributed by atoms with Crippen LogP contribution in [0.1, 0.15) is 32.6 Å². The fourth-order valence-corrected chi connectivity index (χ4v) is 2.09. The van der Waals surface area contributed by atoms with Crippen LogP contribution in [0, 0.1) is 0 Å². The number of nitrogens with two attached hydrogens (primary N) is 1. The molecule has 3 heteroatoms. The minimum atomic E-state index is 0.791. The Bertz CT molecular complexity index is 471. The highest BCUT2D eigenvalue weighted by atomic mass is 15.1. The van der Waals surface area contributed by atoms with Crippen LogP contribution in [-0.4, -0.2) is 9.55 Å². The van der Waals surface area contributed by atoms with Gasteiger partial charge in [0.05, 0.1) is 0 Å². The zero-order chi connectivity index (χ0) is 12.8. The first-order valence-corrected chi connectivity index (χ1v) is 6.68. The van der Waals surface area contributed by atoms with E-state index in [-0.39, 0.29) is 0 Å². The topological polar surface area (TPSA) is 43.8 Å². The van der Waals surface area contributed by atoms with Crippen molar-refractivity contribution in [3.63, 3.8) is 0 Å². The zero-order valence-corrected chi connectivity index (χ0v) is 11.0. The summed E-state index contributed by atoms with van der Waals surface area (Å²) in [5.74, 6) is 1.03. The van der Waals surface area contributed by atoms with Crippen molar-refractivity contribution in [1.29, 1.82) is 0 Å². The number of benzene rings is 1. The molecule has 1 heterocycles. The summed E-state index contributed by atoms with van der Waals surface area (Å²) in [5.41, 5.74) is 7.63. The van der Waals surface area contributed by atoms with E-state index in [0.29, 0.717) is 0 Å². The lowest BCUT2D eigenvalue weighted by atomic mass is 10.2. The van der Waals surface area contributed by atoms with Crippen LogP contribution >= 0.6 is 0 Å². The van der Waals surface area contributed by atoms with Gasteiger partial charge in [0, 0.05) is 30.2 Å². The molecule has 2 rings (SSSR count). The Morgan fingerprint density at radius 3 is 2.61 bits per heavy atom. The molecule has 0 amide bonds. The third kappa shape index (κ3) is 3.13. The maximum absolute atomic E-state index is 5.70. The number of rotatable bonds is 6. The number of aryl methyl sites for hydroxylation is 1. The number of unbranched alkanes of at least 4 members (excludes halogenated alkanes) is 3. The SMILES string of the molecule is CCCCCCn1ccnc1-c1ccc(N)cc1. The number of nitrogen functional groups attached to an aromatic ring is 1. The molecule has 2 N–H and O–H groups in total. The first-order valence-electron chi connectivity index (χ1n) is 6.68. The van der Waals surface area contributed by atoms with Gasteiger partial charge in [-0.3, -0.25) is 0 Å². The van der Waals surface area contributed by atoms with Crippen molar-refractivity contribution in [3.05, 3.63) is 36.7 Å². The Morgan fingerprint density at radius 2 is 1.89 bits per heavy atom. The lowest BCUT2D eigenvalue weighted by molar-refractivity contribution is 0.586. The van der Waals surface area contributed by atoms with E-state index in [2.05, 4.69) is 22.7 Å². The Kier molecular flexibility index (Phi) is 4.40. The molecule has 2 aromatic rings. The molecule has 1 aromatic carbocycles. The van der Waals surface area contributed by atoms with Gasteiger partial charge in [-0.1, -0.05) is 26.2 Å². The van der Waals surface area contributed by atoms with E-state index >= 15 is 0 Å². The Labute approximate surface area is 109 Å². The van der Waals surface area contributed by atoms with Crippen molar-refractivity contribution in [1.82, 2.24) is 9.55 Å². The quantitative estimate of drug-likeness (QED) is 0.621. The van der Waals surface area contributed by atoms with Crippen LogP contribution in [-0.2, 0) is 6.54 Å². The highest BCUT2D eigenvalue weighted by Crippen LogP contribution is 2.19. The molecule has 0 fully saturated rings. The molecule has 0 aliphatic heterocycles. The van der Waals surface area contributed by atoms with Crippen molar-refractivity contribution < 1.29 is 0 Å². The zero-order valence-electron chi connectivity index (χ0n) is 11.0. The molecule has 3 nitrogen and oxygen atoms in total. The summed E-state index contributed by atoms with van der Waals surface area (Å²) in [5, 5.41) is 0. The molecule has 0 unspecified atom stereocenters. The van der Waals surface area contributed by atoms with Gasteiger partial charge in [0.2, 0.25) is 0 Å². The third-order valence-electron chi connectivity index (χ3n) is 3.14. The van der Waals surface area contributed by atoms with Crippen LogP contribution in [0.2, 0.25) is 0 Å². The van der Waals surface area contributed by atoms with Crippen LogP contribution in [0.15, 0.2) is 36.7 Å². The van der Waals surface area contributed by atoms with Gasteiger partial charge < -0.3 is 10.3 Å². The Balaban J connectivity index is 2.05. The van der Waals surface area contributed by atoms with E-state index < -0.39 is 0 Å². The first kappa shape index (κ1) is 12.7. The number of imidazole rings is 1. The summed E-state index contributed by atoms with van der Waals surface area (Å²) in [6, 6.07) is 7.90. The summed E-state index contributed by atoms with van der Waals surface area (Å²) in [7, 11) is 0. The van der Waals surface area contributed by atoms with E-state index in [0.717, 1.165) is 23.6 Å². The summed E-state index contributed by atoms with van der Waals surface area (Å²) in [6.07, 6.45) is 9.01. The highest BCUT2D eigenvalue weighted by Gasteiger charge is 2.05. The molecule has 0 aliphatic carbocycles. The summed E-state index contributed by atoms with van der Waals surface area (Å²) >= 11 is 0. The average Bonchev–Trinajstić information content (AvgIpc) is 2.84. The maximum Gasteiger partial charge on any atom is 0.139 e. The van der Waals surface area contributed by atoms with Gasteiger partial charge in [0.1, 0.15) is 5.82 Å². The van der Waals surface area contributed by atoms with E-state index in [1.54, 1.807) is 0 Å². The predicted molar refractivity (Wildman–Crippen MR) is 76.2 cm³/mol. The molecular formula is C15H21N3. The standard InChI is InChI=1S/C15H21N3/c1-2-3-4-5-11-18-12-10-17-15(18)13-6-8-14(16)9-7-13/h6-10,12H,2-5,11,16H2,1H3. The van der Waals surface area contributed by atoms with Gasteiger partial charge >= 0.3 is 0 Å². The highest BCUT2D eigenvalue weighted by molar-refractivity contribution is 5.59. The fraction of sp³-hybridized carbons (Fsp3) is 0.400. The van der Waals surface area contributed by atoms with Gasteiger partial charge in [-0.15, -0.1) is 0 Å². The second-order valence-electron chi connectivity index (χ2n) is 4.63. The molecule has 0 atom stereocenters. The van der Waals surface area contributed by atoms with E-state index in [1.807, 2.05) is 30.5 Å². The third-order valence-corrected chi connectivity index (χ3v) is 3.14. The number of nitrogens with zero attached hydrogens (tertiary/aromatic N) is 2. The second-order valence-corrected chi connectivity index (χ2v) is 4.63. The molecule has 0 saturated carbocycles. The molecule has 0 saturated heterocycles. The van der Waals surface area contributed by atoms with Crippen LogP contribution < -0.4 is 5.73 Å². The van der Waals surface area contributed by atoms with Crippen LogP contribution in [0.5, 0.6) is 0 Å². The molecule has 0 radical (unpaired) electrons. The van der Waals surface area contributed by atoms with Gasteiger partial charge in [0.25, 0.3) is 0 Å². The fourth-order valence-electron chi connectivity index (χ4n) is 2.09. The largest absolute Gasteiger partial charge is 0.399 e. The molecule has 0 bridgehead atoms. The number of aromatic nitrogens is 2. The first-order chi connectivity index (χ1) is 8.81. The van der Waals surface area contributed by atoms with E-state index in [1.165, 1.54) is 25.7 Å². The monoisotopic (exact) mass is 243 g/mol. The molecule has 96 valence electrons. The van der Waals surface area contributed by atoms with Crippen molar-refractivity contribution in [2.75, 3.05) is 5.73 Å². The second kappa shape index (κ2) is 6.24. The Hall–Kier alpha value is -1.77. The molecule has 0 aliphatic rings. The summed E-state index contributed by atoms with van der Waals surface area (Å²) < 4.78 is 2.22. The van der Waals surface area contributed by atoms with Gasteiger partial charge in [0.15, 0.2) is 0 Å². The lowest BCUT2D eigenvalue weighted by Gasteiger charge is -2.08. The summed E-state index contributed by atoms with van der Waals surface area (Å²) in [6.45, 7) is 3.27.